The molecule has 1 atom stereocenters. The lowest BCUT2D eigenvalue weighted by atomic mass is 9.94. The van der Waals surface area contributed by atoms with Crippen LogP contribution >= 0.6 is 0 Å². The van der Waals surface area contributed by atoms with Crippen LogP contribution in [0.4, 0.5) is 10.1 Å². The molecule has 1 aromatic heterocycles. The summed E-state index contributed by atoms with van der Waals surface area (Å²) in [4.78, 5) is 17.2. The van der Waals surface area contributed by atoms with E-state index < -0.39 is 11.7 Å². The number of carbonyl (C=O) groups excluding carboxylic acids is 1. The average Bonchev–Trinajstić information content (AvgIpc) is 2.63. The van der Waals surface area contributed by atoms with Crippen LogP contribution in [0.25, 0.3) is 0 Å². The van der Waals surface area contributed by atoms with Crippen LogP contribution in [0.5, 0.6) is 5.75 Å². The average molecular weight is 336 g/mol. The fraction of sp³-hybridized carbons (Fsp3) is 0.100. The minimum Gasteiger partial charge on any atom is -0.497 e. The summed E-state index contributed by atoms with van der Waals surface area (Å²) in [5.41, 5.74) is 1.79. The second kappa shape index (κ2) is 7.57. The van der Waals surface area contributed by atoms with Gasteiger partial charge in [-0.15, -0.1) is 0 Å². The lowest BCUT2D eigenvalue weighted by Crippen LogP contribution is -2.23. The first-order chi connectivity index (χ1) is 12.2. The molecule has 1 heterocycles. The van der Waals surface area contributed by atoms with Crippen molar-refractivity contribution in [3.05, 3.63) is 90.0 Å². The number of pyridine rings is 1. The summed E-state index contributed by atoms with van der Waals surface area (Å²) in [5, 5.41) is 2.76. The Morgan fingerprint density at radius 3 is 2.52 bits per heavy atom. The van der Waals surface area contributed by atoms with Crippen molar-refractivity contribution in [2.75, 3.05) is 12.4 Å². The molecule has 0 aliphatic rings. The first kappa shape index (κ1) is 16.6. The molecule has 0 saturated heterocycles. The number of ether oxygens (including phenoxy) is 1. The SMILES string of the molecule is COc1ccc(C(C(=O)Nc2cccc(F)c2)c2ccccn2)cc1. The summed E-state index contributed by atoms with van der Waals surface area (Å²) in [6.07, 6.45) is 1.64. The standard InChI is InChI=1S/C20H17FN2O2/c1-25-17-10-8-14(9-11-17)19(18-7-2-3-12-22-18)20(24)23-16-6-4-5-15(21)13-16/h2-13,19H,1H3,(H,23,24). The van der Waals surface area contributed by atoms with E-state index in [2.05, 4.69) is 10.3 Å². The monoisotopic (exact) mass is 336 g/mol. The van der Waals surface area contributed by atoms with E-state index in [0.29, 0.717) is 17.1 Å². The molecule has 1 amide bonds. The van der Waals surface area contributed by atoms with Crippen molar-refractivity contribution >= 4 is 11.6 Å². The molecule has 0 saturated carbocycles. The fourth-order valence-electron chi connectivity index (χ4n) is 2.58. The second-order valence-electron chi connectivity index (χ2n) is 5.46. The van der Waals surface area contributed by atoms with Crippen LogP contribution in [-0.4, -0.2) is 18.0 Å². The number of aromatic nitrogens is 1. The van der Waals surface area contributed by atoms with Gasteiger partial charge >= 0.3 is 0 Å². The van der Waals surface area contributed by atoms with E-state index in [1.807, 2.05) is 18.2 Å². The predicted molar refractivity (Wildman–Crippen MR) is 94.1 cm³/mol. The molecular weight excluding hydrogens is 319 g/mol. The Morgan fingerprint density at radius 2 is 1.88 bits per heavy atom. The summed E-state index contributed by atoms with van der Waals surface area (Å²) in [7, 11) is 1.59. The summed E-state index contributed by atoms with van der Waals surface area (Å²) in [6.45, 7) is 0. The van der Waals surface area contributed by atoms with Gasteiger partial charge in [0, 0.05) is 11.9 Å². The number of anilines is 1. The molecule has 5 heteroatoms. The molecule has 0 fully saturated rings. The van der Waals surface area contributed by atoms with E-state index >= 15 is 0 Å². The van der Waals surface area contributed by atoms with Crippen LogP contribution in [0.1, 0.15) is 17.2 Å². The third-order valence-corrected chi connectivity index (χ3v) is 3.79. The van der Waals surface area contributed by atoms with Crippen LogP contribution < -0.4 is 10.1 Å². The number of hydrogen-bond donors (Lipinski definition) is 1. The van der Waals surface area contributed by atoms with Crippen molar-refractivity contribution in [1.82, 2.24) is 4.98 Å². The third-order valence-electron chi connectivity index (χ3n) is 3.79. The van der Waals surface area contributed by atoms with Gasteiger partial charge in [-0.25, -0.2) is 4.39 Å². The number of rotatable bonds is 5. The van der Waals surface area contributed by atoms with E-state index in [-0.39, 0.29) is 5.91 Å². The van der Waals surface area contributed by atoms with Crippen LogP contribution in [-0.2, 0) is 4.79 Å². The maximum absolute atomic E-state index is 13.4. The lowest BCUT2D eigenvalue weighted by Gasteiger charge is -2.17. The number of halogens is 1. The molecule has 2 aromatic carbocycles. The molecule has 0 aliphatic carbocycles. The molecule has 0 bridgehead atoms. The Kier molecular flexibility index (Phi) is 5.04. The Labute approximate surface area is 145 Å². The van der Waals surface area contributed by atoms with Crippen LogP contribution in [0.3, 0.4) is 0 Å². The quantitative estimate of drug-likeness (QED) is 0.766. The minimum atomic E-state index is -0.615. The van der Waals surface area contributed by atoms with Gasteiger partial charge < -0.3 is 10.1 Å². The Morgan fingerprint density at radius 1 is 1.08 bits per heavy atom. The summed E-state index contributed by atoms with van der Waals surface area (Å²) >= 11 is 0. The number of nitrogens with zero attached hydrogens (tertiary/aromatic N) is 1. The van der Waals surface area contributed by atoms with E-state index in [1.165, 1.54) is 12.1 Å². The molecule has 3 rings (SSSR count). The zero-order valence-electron chi connectivity index (χ0n) is 13.6. The molecule has 1 unspecified atom stereocenters. The number of methoxy groups -OCH3 is 1. The molecule has 25 heavy (non-hydrogen) atoms. The van der Waals surface area contributed by atoms with Crippen molar-refractivity contribution in [1.29, 1.82) is 0 Å². The largest absolute Gasteiger partial charge is 0.497 e. The summed E-state index contributed by atoms with van der Waals surface area (Å²) in [5.74, 6) is -0.601. The van der Waals surface area contributed by atoms with E-state index in [4.69, 9.17) is 4.74 Å². The van der Waals surface area contributed by atoms with Gasteiger partial charge in [-0.2, -0.15) is 0 Å². The van der Waals surface area contributed by atoms with Crippen molar-refractivity contribution in [2.45, 2.75) is 5.92 Å². The van der Waals surface area contributed by atoms with Gasteiger partial charge in [0.1, 0.15) is 17.5 Å². The summed E-state index contributed by atoms with van der Waals surface area (Å²) in [6, 6.07) is 18.4. The maximum atomic E-state index is 13.4. The van der Waals surface area contributed by atoms with E-state index in [0.717, 1.165) is 5.56 Å². The highest BCUT2D eigenvalue weighted by atomic mass is 19.1. The predicted octanol–water partition coefficient (Wildman–Crippen LogP) is 4.00. The van der Waals surface area contributed by atoms with E-state index in [1.54, 1.807) is 49.7 Å². The van der Waals surface area contributed by atoms with Gasteiger partial charge in [-0.05, 0) is 48.0 Å². The van der Waals surface area contributed by atoms with Crippen molar-refractivity contribution in [3.8, 4) is 5.75 Å². The third kappa shape index (κ3) is 4.01. The van der Waals surface area contributed by atoms with Gasteiger partial charge in [0.25, 0.3) is 0 Å². The summed E-state index contributed by atoms with van der Waals surface area (Å²) < 4.78 is 18.5. The zero-order chi connectivity index (χ0) is 17.6. The fourth-order valence-corrected chi connectivity index (χ4v) is 2.58. The van der Waals surface area contributed by atoms with Crippen molar-refractivity contribution < 1.29 is 13.9 Å². The smallest absolute Gasteiger partial charge is 0.237 e. The molecule has 4 nitrogen and oxygen atoms in total. The normalized spacial score (nSPS) is 11.6. The first-order valence-electron chi connectivity index (χ1n) is 7.78. The molecule has 0 radical (unpaired) electrons. The number of nitrogens with one attached hydrogen (secondary N) is 1. The van der Waals surface area contributed by atoms with Gasteiger partial charge in [0.05, 0.1) is 12.8 Å². The Hall–Kier alpha value is -3.21. The van der Waals surface area contributed by atoms with Gasteiger partial charge in [0.15, 0.2) is 0 Å². The molecular formula is C20H17FN2O2. The molecule has 0 spiro atoms. The van der Waals surface area contributed by atoms with Crippen LogP contribution in [0.2, 0.25) is 0 Å². The van der Waals surface area contributed by atoms with Gasteiger partial charge in [-0.1, -0.05) is 24.3 Å². The van der Waals surface area contributed by atoms with Crippen molar-refractivity contribution in [3.63, 3.8) is 0 Å². The van der Waals surface area contributed by atoms with E-state index in [9.17, 15) is 9.18 Å². The maximum Gasteiger partial charge on any atom is 0.237 e. The highest BCUT2D eigenvalue weighted by molar-refractivity contribution is 5.97. The Bertz CT molecular complexity index is 851. The molecule has 126 valence electrons. The topological polar surface area (TPSA) is 51.2 Å². The highest BCUT2D eigenvalue weighted by Gasteiger charge is 2.24. The number of hydrogen-bond acceptors (Lipinski definition) is 3. The lowest BCUT2D eigenvalue weighted by molar-refractivity contribution is -0.116. The van der Waals surface area contributed by atoms with Gasteiger partial charge in [0.2, 0.25) is 5.91 Å². The molecule has 3 aromatic rings. The van der Waals surface area contributed by atoms with Gasteiger partial charge in [-0.3, -0.25) is 9.78 Å². The molecule has 0 aliphatic heterocycles. The first-order valence-corrected chi connectivity index (χ1v) is 7.78. The second-order valence-corrected chi connectivity index (χ2v) is 5.46. The molecule has 1 N–H and O–H groups in total. The van der Waals surface area contributed by atoms with Crippen LogP contribution in [0, 0.1) is 5.82 Å². The minimum absolute atomic E-state index is 0.283. The number of amides is 1. The highest BCUT2D eigenvalue weighted by Crippen LogP contribution is 2.26. The number of carbonyl (C=O) groups is 1. The van der Waals surface area contributed by atoms with Crippen LogP contribution in [0.15, 0.2) is 72.9 Å². The van der Waals surface area contributed by atoms with Crippen molar-refractivity contribution in [2.24, 2.45) is 0 Å². The zero-order valence-corrected chi connectivity index (χ0v) is 13.6. The number of benzene rings is 2. The Balaban J connectivity index is 1.94.